The van der Waals surface area contributed by atoms with E-state index in [2.05, 4.69) is 17.6 Å². The average molecular weight is 215 g/mol. The Morgan fingerprint density at radius 2 is 2.07 bits per heavy atom. The summed E-state index contributed by atoms with van der Waals surface area (Å²) >= 11 is 3.95. The largest absolute Gasteiger partial charge is 0.506 e. The molecule has 14 heavy (non-hydrogen) atoms. The van der Waals surface area contributed by atoms with Crippen LogP contribution in [0, 0.1) is 0 Å². The Balaban J connectivity index is 2.68. The van der Waals surface area contributed by atoms with Crippen molar-refractivity contribution >= 4 is 12.6 Å². The number of hydrogen-bond donors (Lipinski definition) is 4. The summed E-state index contributed by atoms with van der Waals surface area (Å²) in [5.74, 6) is 0.528. The van der Waals surface area contributed by atoms with Crippen molar-refractivity contribution in [1.82, 2.24) is 4.98 Å². The standard InChI is InChI=1S/C9H13NO3S/c11-6-1-2-7(10-5-6)9(13)8(12)3-4-14/h1-2,5,8-9,11-14H,3-4H2. The summed E-state index contributed by atoms with van der Waals surface area (Å²) < 4.78 is 0. The molecular weight excluding hydrogens is 202 g/mol. The van der Waals surface area contributed by atoms with Gasteiger partial charge in [0, 0.05) is 0 Å². The molecule has 1 aromatic rings. The molecule has 78 valence electrons. The Hall–Kier alpha value is -0.780. The molecular formula is C9H13NO3S. The van der Waals surface area contributed by atoms with Crippen LogP contribution in [0.15, 0.2) is 18.3 Å². The van der Waals surface area contributed by atoms with Crippen LogP contribution in [0.3, 0.4) is 0 Å². The van der Waals surface area contributed by atoms with Crippen molar-refractivity contribution in [3.8, 4) is 5.75 Å². The molecule has 2 atom stereocenters. The minimum atomic E-state index is -1.03. The number of aromatic nitrogens is 1. The molecule has 2 unspecified atom stereocenters. The second-order valence-electron chi connectivity index (χ2n) is 2.97. The van der Waals surface area contributed by atoms with Gasteiger partial charge >= 0.3 is 0 Å². The van der Waals surface area contributed by atoms with Crippen LogP contribution in [0.2, 0.25) is 0 Å². The maximum Gasteiger partial charge on any atom is 0.133 e. The Kier molecular flexibility index (Phi) is 4.19. The van der Waals surface area contributed by atoms with Gasteiger partial charge in [-0.25, -0.2) is 0 Å². The molecule has 0 saturated heterocycles. The van der Waals surface area contributed by atoms with Crippen molar-refractivity contribution in [1.29, 1.82) is 0 Å². The van der Waals surface area contributed by atoms with Crippen molar-refractivity contribution in [2.75, 3.05) is 5.75 Å². The second-order valence-corrected chi connectivity index (χ2v) is 3.41. The first-order chi connectivity index (χ1) is 6.65. The highest BCUT2D eigenvalue weighted by atomic mass is 32.1. The van der Waals surface area contributed by atoms with E-state index >= 15 is 0 Å². The summed E-state index contributed by atoms with van der Waals surface area (Å²) in [5, 5.41) is 28.0. The quantitative estimate of drug-likeness (QED) is 0.552. The molecule has 0 bridgehead atoms. The molecule has 0 fully saturated rings. The van der Waals surface area contributed by atoms with Crippen molar-refractivity contribution in [3.05, 3.63) is 24.0 Å². The minimum Gasteiger partial charge on any atom is -0.506 e. The highest BCUT2D eigenvalue weighted by Crippen LogP contribution is 2.18. The Morgan fingerprint density at radius 3 is 2.57 bits per heavy atom. The van der Waals surface area contributed by atoms with Crippen LogP contribution in [0.4, 0.5) is 0 Å². The van der Waals surface area contributed by atoms with Crippen LogP contribution in [-0.2, 0) is 0 Å². The van der Waals surface area contributed by atoms with Crippen LogP contribution >= 0.6 is 12.6 Å². The van der Waals surface area contributed by atoms with Gasteiger partial charge in [-0.3, -0.25) is 4.98 Å². The zero-order chi connectivity index (χ0) is 10.6. The fraction of sp³-hybridized carbons (Fsp3) is 0.444. The lowest BCUT2D eigenvalue weighted by Gasteiger charge is -2.16. The van der Waals surface area contributed by atoms with E-state index in [9.17, 15) is 10.2 Å². The third-order valence-electron chi connectivity index (χ3n) is 1.86. The normalized spacial score (nSPS) is 15.1. The highest BCUT2D eigenvalue weighted by molar-refractivity contribution is 7.80. The number of aromatic hydroxyl groups is 1. The number of nitrogens with zero attached hydrogens (tertiary/aromatic N) is 1. The van der Waals surface area contributed by atoms with E-state index in [1.165, 1.54) is 18.3 Å². The van der Waals surface area contributed by atoms with Gasteiger partial charge in [-0.1, -0.05) is 0 Å². The molecule has 1 aromatic heterocycles. The highest BCUT2D eigenvalue weighted by Gasteiger charge is 2.18. The van der Waals surface area contributed by atoms with Crippen molar-refractivity contribution in [3.63, 3.8) is 0 Å². The van der Waals surface area contributed by atoms with E-state index in [1.807, 2.05) is 0 Å². The van der Waals surface area contributed by atoms with E-state index in [1.54, 1.807) is 0 Å². The predicted octanol–water partition coefficient (Wildman–Crippen LogP) is 0.501. The summed E-state index contributed by atoms with van der Waals surface area (Å²) in [7, 11) is 0. The first-order valence-electron chi connectivity index (χ1n) is 4.27. The number of aliphatic hydroxyl groups excluding tert-OH is 2. The molecule has 0 saturated carbocycles. The van der Waals surface area contributed by atoms with E-state index < -0.39 is 12.2 Å². The number of thiol groups is 1. The summed E-state index contributed by atoms with van der Waals surface area (Å²) in [6.45, 7) is 0. The van der Waals surface area contributed by atoms with E-state index in [0.29, 0.717) is 17.9 Å². The van der Waals surface area contributed by atoms with Crippen molar-refractivity contribution in [2.24, 2.45) is 0 Å². The third kappa shape index (κ3) is 2.87. The molecule has 0 radical (unpaired) electrons. The first-order valence-corrected chi connectivity index (χ1v) is 4.90. The smallest absolute Gasteiger partial charge is 0.133 e. The Bertz CT molecular complexity index is 278. The third-order valence-corrected chi connectivity index (χ3v) is 2.12. The van der Waals surface area contributed by atoms with Gasteiger partial charge in [0.2, 0.25) is 0 Å². The molecule has 0 amide bonds. The molecule has 1 rings (SSSR count). The van der Waals surface area contributed by atoms with Gasteiger partial charge in [-0.2, -0.15) is 12.6 Å². The fourth-order valence-electron chi connectivity index (χ4n) is 1.06. The molecule has 5 heteroatoms. The molecule has 0 aliphatic heterocycles. The molecule has 0 spiro atoms. The van der Waals surface area contributed by atoms with Gasteiger partial charge < -0.3 is 15.3 Å². The van der Waals surface area contributed by atoms with Gasteiger partial charge in [0.15, 0.2) is 0 Å². The van der Waals surface area contributed by atoms with Crippen LogP contribution in [-0.4, -0.2) is 32.2 Å². The number of pyridine rings is 1. The monoisotopic (exact) mass is 215 g/mol. The number of rotatable bonds is 4. The Labute approximate surface area is 87.6 Å². The fourth-order valence-corrected chi connectivity index (χ4v) is 1.32. The number of hydrogen-bond acceptors (Lipinski definition) is 5. The molecule has 0 aliphatic carbocycles. The predicted molar refractivity (Wildman–Crippen MR) is 55.3 cm³/mol. The molecule has 0 aromatic carbocycles. The lowest BCUT2D eigenvalue weighted by atomic mass is 10.1. The maximum atomic E-state index is 9.58. The van der Waals surface area contributed by atoms with Crippen LogP contribution in [0.25, 0.3) is 0 Å². The number of aliphatic hydroxyl groups is 2. The SMILES string of the molecule is Oc1ccc(C(O)C(O)CCS)nc1. The van der Waals surface area contributed by atoms with Crippen molar-refractivity contribution < 1.29 is 15.3 Å². The van der Waals surface area contributed by atoms with Crippen molar-refractivity contribution in [2.45, 2.75) is 18.6 Å². The van der Waals surface area contributed by atoms with E-state index in [0.717, 1.165) is 0 Å². The van der Waals surface area contributed by atoms with Gasteiger partial charge in [0.05, 0.1) is 18.0 Å². The van der Waals surface area contributed by atoms with E-state index in [-0.39, 0.29) is 5.75 Å². The summed E-state index contributed by atoms with van der Waals surface area (Å²) in [4.78, 5) is 3.80. The summed E-state index contributed by atoms with van der Waals surface area (Å²) in [5.41, 5.74) is 0.345. The van der Waals surface area contributed by atoms with E-state index in [4.69, 9.17) is 5.11 Å². The first kappa shape index (κ1) is 11.3. The zero-order valence-corrected chi connectivity index (χ0v) is 8.43. The van der Waals surface area contributed by atoms with Gasteiger partial charge in [-0.05, 0) is 24.3 Å². The molecule has 1 heterocycles. The molecule has 0 aliphatic rings. The Morgan fingerprint density at radius 1 is 1.36 bits per heavy atom. The molecule has 3 N–H and O–H groups in total. The van der Waals surface area contributed by atoms with Crippen LogP contribution in [0.5, 0.6) is 5.75 Å². The summed E-state index contributed by atoms with van der Waals surface area (Å²) in [6, 6.07) is 2.89. The topological polar surface area (TPSA) is 73.6 Å². The maximum absolute atomic E-state index is 9.58. The van der Waals surface area contributed by atoms with Gasteiger partial charge in [0.1, 0.15) is 11.9 Å². The van der Waals surface area contributed by atoms with Gasteiger partial charge in [-0.15, -0.1) is 0 Å². The average Bonchev–Trinajstić information content (AvgIpc) is 2.18. The van der Waals surface area contributed by atoms with Crippen LogP contribution in [0.1, 0.15) is 18.2 Å². The lowest BCUT2D eigenvalue weighted by molar-refractivity contribution is 0.0146. The van der Waals surface area contributed by atoms with Gasteiger partial charge in [0.25, 0.3) is 0 Å². The molecule has 4 nitrogen and oxygen atoms in total. The second kappa shape index (κ2) is 5.19. The lowest BCUT2D eigenvalue weighted by Crippen LogP contribution is -2.19. The summed E-state index contributed by atoms with van der Waals surface area (Å²) in [6.07, 6.45) is -0.272. The minimum absolute atomic E-state index is 0.0321. The van der Waals surface area contributed by atoms with Crippen LogP contribution < -0.4 is 0 Å². The zero-order valence-electron chi connectivity index (χ0n) is 7.54.